The van der Waals surface area contributed by atoms with Crippen molar-refractivity contribution in [1.29, 1.82) is 0 Å². The van der Waals surface area contributed by atoms with Gasteiger partial charge in [0, 0.05) is 19.8 Å². The quantitative estimate of drug-likeness (QED) is 0.916. The Balaban J connectivity index is 1.43. The molecule has 0 aliphatic heterocycles. The summed E-state index contributed by atoms with van der Waals surface area (Å²) in [4.78, 5) is 4.45. The van der Waals surface area contributed by atoms with Crippen molar-refractivity contribution in [1.82, 2.24) is 9.55 Å². The maximum Gasteiger partial charge on any atom is 0.134 e. The Bertz CT molecular complexity index is 468. The topological polar surface area (TPSA) is 53.1 Å². The molecular formula is C16H25N3O. The number of rotatable bonds is 4. The van der Waals surface area contributed by atoms with Crippen molar-refractivity contribution in [2.24, 2.45) is 36.5 Å². The summed E-state index contributed by atoms with van der Waals surface area (Å²) in [6, 6.07) is 0. The molecule has 4 nitrogen and oxygen atoms in total. The average molecular weight is 275 g/mol. The van der Waals surface area contributed by atoms with E-state index in [4.69, 9.17) is 10.5 Å². The molecule has 4 fully saturated rings. The molecule has 20 heavy (non-hydrogen) atoms. The molecule has 110 valence electrons. The number of hydrogen-bond acceptors (Lipinski definition) is 3. The lowest BCUT2D eigenvalue weighted by Crippen LogP contribution is -2.49. The molecule has 0 radical (unpaired) electrons. The third kappa shape index (κ3) is 2.01. The Labute approximate surface area is 120 Å². The fourth-order valence-electron chi connectivity index (χ4n) is 5.13. The fourth-order valence-corrected chi connectivity index (χ4v) is 5.13. The number of hydrogen-bond donors (Lipinski definition) is 1. The lowest BCUT2D eigenvalue weighted by molar-refractivity contribution is -0.133. The van der Waals surface area contributed by atoms with Gasteiger partial charge < -0.3 is 15.0 Å². The van der Waals surface area contributed by atoms with Gasteiger partial charge in [-0.25, -0.2) is 4.98 Å². The van der Waals surface area contributed by atoms with Gasteiger partial charge in [0.2, 0.25) is 0 Å². The highest BCUT2D eigenvalue weighted by atomic mass is 16.5. The molecule has 0 aromatic carbocycles. The maximum absolute atomic E-state index is 6.32. The maximum atomic E-state index is 6.32. The molecule has 4 aliphatic rings. The SMILES string of the molecule is Cn1c(CN)cnc1COC1C2CC3CC(C2)CC1C3. The van der Waals surface area contributed by atoms with E-state index in [-0.39, 0.29) is 0 Å². The lowest BCUT2D eigenvalue weighted by Gasteiger charge is -2.53. The standard InChI is InChI=1S/C16H25N3O/c1-19-14(7-17)8-18-15(19)9-20-16-12-3-10-2-11(5-12)6-13(16)4-10/h8,10-13,16H,2-7,9,17H2,1H3. The Morgan fingerprint density at radius 2 is 1.85 bits per heavy atom. The molecule has 4 aliphatic carbocycles. The normalized spacial score (nSPS) is 38.6. The third-order valence-corrected chi connectivity index (χ3v) is 5.93. The average Bonchev–Trinajstić information content (AvgIpc) is 2.78. The van der Waals surface area contributed by atoms with Gasteiger partial charge in [0.05, 0.1) is 11.8 Å². The summed E-state index contributed by atoms with van der Waals surface area (Å²) in [5, 5.41) is 0. The van der Waals surface area contributed by atoms with E-state index >= 15 is 0 Å². The summed E-state index contributed by atoms with van der Waals surface area (Å²) in [6.07, 6.45) is 9.49. The molecule has 1 aromatic rings. The Morgan fingerprint density at radius 1 is 1.20 bits per heavy atom. The molecule has 1 aromatic heterocycles. The molecular weight excluding hydrogens is 250 g/mol. The minimum Gasteiger partial charge on any atom is -0.370 e. The van der Waals surface area contributed by atoms with Gasteiger partial charge in [-0.3, -0.25) is 0 Å². The van der Waals surface area contributed by atoms with Gasteiger partial charge in [-0.2, -0.15) is 0 Å². The summed E-state index contributed by atoms with van der Waals surface area (Å²) in [5.41, 5.74) is 6.77. The Kier molecular flexibility index (Phi) is 3.11. The molecule has 1 heterocycles. The molecule has 0 atom stereocenters. The van der Waals surface area contributed by atoms with Crippen LogP contribution in [0, 0.1) is 23.7 Å². The van der Waals surface area contributed by atoms with E-state index in [0.717, 1.165) is 35.2 Å². The first-order valence-electron chi connectivity index (χ1n) is 8.05. The van der Waals surface area contributed by atoms with Crippen LogP contribution in [0.25, 0.3) is 0 Å². The predicted octanol–water partition coefficient (Wildman–Crippen LogP) is 2.22. The van der Waals surface area contributed by atoms with E-state index in [2.05, 4.69) is 9.55 Å². The molecule has 0 spiro atoms. The van der Waals surface area contributed by atoms with Crippen LogP contribution in [0.1, 0.15) is 43.6 Å². The van der Waals surface area contributed by atoms with E-state index in [0.29, 0.717) is 19.3 Å². The molecule has 0 amide bonds. The zero-order valence-corrected chi connectivity index (χ0v) is 12.3. The summed E-state index contributed by atoms with van der Waals surface area (Å²) in [7, 11) is 2.03. The van der Waals surface area contributed by atoms with Crippen LogP contribution < -0.4 is 5.73 Å². The Morgan fingerprint density at radius 3 is 2.40 bits per heavy atom. The van der Waals surface area contributed by atoms with E-state index in [9.17, 15) is 0 Å². The van der Waals surface area contributed by atoms with Crippen molar-refractivity contribution in [2.45, 2.75) is 51.4 Å². The van der Waals surface area contributed by atoms with Gasteiger partial charge in [-0.15, -0.1) is 0 Å². The van der Waals surface area contributed by atoms with Gasteiger partial charge in [0.15, 0.2) is 0 Å². The molecule has 0 saturated heterocycles. The molecule has 4 bridgehead atoms. The van der Waals surface area contributed by atoms with Crippen LogP contribution in [0.3, 0.4) is 0 Å². The van der Waals surface area contributed by atoms with Crippen LogP contribution >= 0.6 is 0 Å². The summed E-state index contributed by atoms with van der Waals surface area (Å²) >= 11 is 0. The molecule has 5 rings (SSSR count). The van der Waals surface area contributed by atoms with Crippen LogP contribution in [0.2, 0.25) is 0 Å². The number of imidazole rings is 1. The van der Waals surface area contributed by atoms with Gasteiger partial charge in [-0.05, 0) is 55.8 Å². The second-order valence-corrected chi connectivity index (χ2v) is 7.14. The van der Waals surface area contributed by atoms with Gasteiger partial charge in [0.1, 0.15) is 12.4 Å². The van der Waals surface area contributed by atoms with Crippen LogP contribution in [0.15, 0.2) is 6.20 Å². The van der Waals surface area contributed by atoms with E-state index in [1.807, 2.05) is 13.2 Å². The lowest BCUT2D eigenvalue weighted by atomic mass is 9.55. The van der Waals surface area contributed by atoms with Crippen LogP contribution in [-0.4, -0.2) is 15.7 Å². The zero-order chi connectivity index (χ0) is 13.7. The van der Waals surface area contributed by atoms with Crippen molar-refractivity contribution < 1.29 is 4.74 Å². The van der Waals surface area contributed by atoms with Crippen LogP contribution in [0.4, 0.5) is 0 Å². The van der Waals surface area contributed by atoms with E-state index in [1.54, 1.807) is 0 Å². The minimum atomic E-state index is 0.487. The van der Waals surface area contributed by atoms with Crippen molar-refractivity contribution in [3.05, 3.63) is 17.7 Å². The second kappa shape index (κ2) is 4.85. The first kappa shape index (κ1) is 12.8. The molecule has 4 heteroatoms. The molecule has 2 N–H and O–H groups in total. The van der Waals surface area contributed by atoms with Crippen molar-refractivity contribution in [2.75, 3.05) is 0 Å². The molecule has 0 unspecified atom stereocenters. The van der Waals surface area contributed by atoms with Crippen molar-refractivity contribution in [3.63, 3.8) is 0 Å². The predicted molar refractivity (Wildman–Crippen MR) is 76.7 cm³/mol. The number of ether oxygens (including phenoxy) is 1. The highest BCUT2D eigenvalue weighted by Gasteiger charge is 2.48. The van der Waals surface area contributed by atoms with E-state index < -0.39 is 0 Å². The first-order chi connectivity index (χ1) is 9.74. The number of aromatic nitrogens is 2. The summed E-state index contributed by atoms with van der Waals surface area (Å²) in [6.45, 7) is 1.19. The number of nitrogens with zero attached hydrogens (tertiary/aromatic N) is 2. The number of nitrogens with two attached hydrogens (primary N) is 1. The highest BCUT2D eigenvalue weighted by Crippen LogP contribution is 2.54. The third-order valence-electron chi connectivity index (χ3n) is 5.93. The summed E-state index contributed by atoms with van der Waals surface area (Å²) < 4.78 is 8.40. The van der Waals surface area contributed by atoms with Gasteiger partial charge in [-0.1, -0.05) is 0 Å². The monoisotopic (exact) mass is 275 g/mol. The van der Waals surface area contributed by atoms with Gasteiger partial charge >= 0.3 is 0 Å². The highest BCUT2D eigenvalue weighted by molar-refractivity contribution is 5.04. The fraction of sp³-hybridized carbons (Fsp3) is 0.812. The minimum absolute atomic E-state index is 0.487. The molecule has 4 saturated carbocycles. The second-order valence-electron chi connectivity index (χ2n) is 7.14. The zero-order valence-electron chi connectivity index (χ0n) is 12.3. The smallest absolute Gasteiger partial charge is 0.134 e. The largest absolute Gasteiger partial charge is 0.370 e. The summed E-state index contributed by atoms with van der Waals surface area (Å²) in [5.74, 6) is 4.67. The van der Waals surface area contributed by atoms with Gasteiger partial charge in [0.25, 0.3) is 0 Å². The van der Waals surface area contributed by atoms with Crippen molar-refractivity contribution >= 4 is 0 Å². The van der Waals surface area contributed by atoms with Crippen LogP contribution in [0.5, 0.6) is 0 Å². The first-order valence-corrected chi connectivity index (χ1v) is 8.05. The van der Waals surface area contributed by atoms with Crippen LogP contribution in [-0.2, 0) is 24.9 Å². The Hall–Kier alpha value is -0.870. The van der Waals surface area contributed by atoms with E-state index in [1.165, 1.54) is 32.1 Å². The van der Waals surface area contributed by atoms with Crippen molar-refractivity contribution in [3.8, 4) is 0 Å².